The van der Waals surface area contributed by atoms with Crippen molar-refractivity contribution < 1.29 is 28.6 Å². The first kappa shape index (κ1) is 33.5. The molecule has 0 unspecified atom stereocenters. The van der Waals surface area contributed by atoms with Crippen LogP contribution in [0.1, 0.15) is 63.7 Å². The second kappa shape index (κ2) is 15.2. The van der Waals surface area contributed by atoms with E-state index in [0.29, 0.717) is 41.0 Å². The van der Waals surface area contributed by atoms with Crippen LogP contribution in [0.4, 0.5) is 10.5 Å². The van der Waals surface area contributed by atoms with Crippen molar-refractivity contribution >= 4 is 23.6 Å². The molecule has 0 aliphatic carbocycles. The predicted octanol–water partition coefficient (Wildman–Crippen LogP) is 5.89. The quantitative estimate of drug-likeness (QED) is 0.147. The number of benzene rings is 3. The minimum Gasteiger partial charge on any atom is -0.493 e. The standard InChI is InChI=1S/C38H41N5O6/c1-26(27-11-5-4-6-12-27)41-21-23-42(24-22-41)31-14-9-13-29-35(31)37(45)43(36(29)44)30(28-17-18-32(47-2)33(25-28)48-3)15-10-20-40-38(46)49-34-16-7-8-19-39-34/h4-9,11-14,16-19,25-26,30H,10,15,20-24H2,1-3H3,(H,40,46)/t26-,30-/m1/s1. The van der Waals surface area contributed by atoms with Crippen molar-refractivity contribution in [2.75, 3.05) is 51.8 Å². The second-order valence-electron chi connectivity index (χ2n) is 12.0. The number of methoxy groups -OCH3 is 2. The molecule has 254 valence electrons. The van der Waals surface area contributed by atoms with Crippen LogP contribution in [0.15, 0.2) is 91.1 Å². The first-order valence-electron chi connectivity index (χ1n) is 16.5. The number of rotatable bonds is 12. The van der Waals surface area contributed by atoms with E-state index in [0.717, 1.165) is 31.9 Å². The third kappa shape index (κ3) is 7.22. The van der Waals surface area contributed by atoms with Gasteiger partial charge in [0.15, 0.2) is 11.5 Å². The van der Waals surface area contributed by atoms with E-state index in [2.05, 4.69) is 51.3 Å². The van der Waals surface area contributed by atoms with Crippen LogP contribution in [-0.4, -0.2) is 79.6 Å². The van der Waals surface area contributed by atoms with E-state index in [4.69, 9.17) is 14.2 Å². The molecule has 0 saturated carbocycles. The highest BCUT2D eigenvalue weighted by Gasteiger charge is 2.43. The molecule has 2 aliphatic rings. The lowest BCUT2D eigenvalue weighted by Crippen LogP contribution is -2.47. The molecular weight excluding hydrogens is 622 g/mol. The molecule has 3 aromatic carbocycles. The van der Waals surface area contributed by atoms with E-state index >= 15 is 0 Å². The van der Waals surface area contributed by atoms with Gasteiger partial charge in [-0.3, -0.25) is 19.4 Å². The zero-order valence-corrected chi connectivity index (χ0v) is 28.0. The number of hydrogen-bond acceptors (Lipinski definition) is 9. The molecule has 4 aromatic rings. The fourth-order valence-corrected chi connectivity index (χ4v) is 6.65. The van der Waals surface area contributed by atoms with E-state index in [1.807, 2.05) is 24.3 Å². The smallest absolute Gasteiger partial charge is 0.413 e. The largest absolute Gasteiger partial charge is 0.493 e. The molecule has 11 heteroatoms. The summed E-state index contributed by atoms with van der Waals surface area (Å²) in [5.41, 5.74) is 3.59. The molecule has 3 heterocycles. The van der Waals surface area contributed by atoms with Crippen LogP contribution in [0, 0.1) is 0 Å². The predicted molar refractivity (Wildman–Crippen MR) is 185 cm³/mol. The number of nitrogens with zero attached hydrogens (tertiary/aromatic N) is 4. The zero-order valence-electron chi connectivity index (χ0n) is 28.0. The van der Waals surface area contributed by atoms with Gasteiger partial charge in [-0.2, -0.15) is 0 Å². The van der Waals surface area contributed by atoms with Gasteiger partial charge in [-0.15, -0.1) is 0 Å². The molecular formula is C38H41N5O6. The number of piperazine rings is 1. The molecule has 11 nitrogen and oxygen atoms in total. The summed E-state index contributed by atoms with van der Waals surface area (Å²) < 4.78 is 16.2. The molecule has 0 bridgehead atoms. The van der Waals surface area contributed by atoms with Gasteiger partial charge in [0.2, 0.25) is 5.88 Å². The Bertz CT molecular complexity index is 1780. The number of pyridine rings is 1. The highest BCUT2D eigenvalue weighted by Crippen LogP contribution is 2.40. The third-order valence-corrected chi connectivity index (χ3v) is 9.27. The molecule has 2 atom stereocenters. The van der Waals surface area contributed by atoms with E-state index in [-0.39, 0.29) is 30.3 Å². The van der Waals surface area contributed by atoms with Crippen molar-refractivity contribution in [1.82, 2.24) is 20.1 Å². The van der Waals surface area contributed by atoms with Crippen LogP contribution >= 0.6 is 0 Å². The van der Waals surface area contributed by atoms with Crippen LogP contribution in [-0.2, 0) is 0 Å². The fraction of sp³-hybridized carbons (Fsp3) is 0.316. The molecule has 1 aromatic heterocycles. The van der Waals surface area contributed by atoms with E-state index < -0.39 is 12.1 Å². The summed E-state index contributed by atoms with van der Waals surface area (Å²) >= 11 is 0. The number of nitrogens with one attached hydrogen (secondary N) is 1. The Morgan fingerprint density at radius 1 is 0.837 bits per heavy atom. The number of carbonyl (C=O) groups excluding carboxylic acids is 3. The Balaban J connectivity index is 1.20. The molecule has 0 spiro atoms. The highest BCUT2D eigenvalue weighted by atomic mass is 16.6. The van der Waals surface area contributed by atoms with Crippen LogP contribution in [0.25, 0.3) is 0 Å². The molecule has 0 radical (unpaired) electrons. The average Bonchev–Trinajstić information content (AvgIpc) is 3.40. The number of imide groups is 1. The zero-order chi connectivity index (χ0) is 34.3. The molecule has 3 amide bonds. The van der Waals surface area contributed by atoms with Crippen LogP contribution in [0.2, 0.25) is 0 Å². The van der Waals surface area contributed by atoms with Gasteiger partial charge in [0.25, 0.3) is 11.8 Å². The summed E-state index contributed by atoms with van der Waals surface area (Å²) in [6, 6.07) is 26.1. The van der Waals surface area contributed by atoms with Gasteiger partial charge < -0.3 is 24.4 Å². The molecule has 1 fully saturated rings. The minimum atomic E-state index is -0.634. The number of amides is 3. The van der Waals surface area contributed by atoms with E-state index in [9.17, 15) is 14.4 Å². The summed E-state index contributed by atoms with van der Waals surface area (Å²) in [6.07, 6.45) is 1.75. The molecule has 49 heavy (non-hydrogen) atoms. The number of fused-ring (bicyclic) bond motifs is 1. The van der Waals surface area contributed by atoms with Crippen LogP contribution < -0.4 is 24.4 Å². The normalized spacial score (nSPS) is 15.8. The Morgan fingerprint density at radius 3 is 2.31 bits per heavy atom. The summed E-state index contributed by atoms with van der Waals surface area (Å²) in [4.78, 5) is 50.9. The SMILES string of the molecule is COc1ccc([C@@H](CCCNC(=O)Oc2ccccn2)N2C(=O)c3cccc(N4CCN([C@H](C)c5ccccc5)CC4)c3C2=O)cc1OC. The molecule has 6 rings (SSSR count). The number of hydrogen-bond donors (Lipinski definition) is 1. The van der Waals surface area contributed by atoms with E-state index in [1.165, 1.54) is 16.7 Å². The van der Waals surface area contributed by atoms with Crippen molar-refractivity contribution in [3.8, 4) is 17.4 Å². The van der Waals surface area contributed by atoms with Crippen LogP contribution in [0.3, 0.4) is 0 Å². The number of ether oxygens (including phenoxy) is 3. The first-order valence-corrected chi connectivity index (χ1v) is 16.5. The molecule has 1 saturated heterocycles. The Hall–Kier alpha value is -5.42. The van der Waals surface area contributed by atoms with Gasteiger partial charge in [-0.25, -0.2) is 9.78 Å². The lowest BCUT2D eigenvalue weighted by atomic mass is 9.99. The molecule has 1 N–H and O–H groups in total. The highest BCUT2D eigenvalue weighted by molar-refractivity contribution is 6.24. The second-order valence-corrected chi connectivity index (χ2v) is 12.0. The fourth-order valence-electron chi connectivity index (χ4n) is 6.65. The van der Waals surface area contributed by atoms with Gasteiger partial charge in [0.05, 0.1) is 37.1 Å². The van der Waals surface area contributed by atoms with Gasteiger partial charge in [0, 0.05) is 51.0 Å². The van der Waals surface area contributed by atoms with Gasteiger partial charge >= 0.3 is 6.09 Å². The van der Waals surface area contributed by atoms with Crippen LogP contribution in [0.5, 0.6) is 17.4 Å². The maximum Gasteiger partial charge on any atom is 0.413 e. The van der Waals surface area contributed by atoms with Crippen molar-refractivity contribution in [2.45, 2.75) is 31.8 Å². The van der Waals surface area contributed by atoms with Gasteiger partial charge in [-0.05, 0) is 61.2 Å². The van der Waals surface area contributed by atoms with E-state index in [1.54, 1.807) is 50.6 Å². The average molecular weight is 664 g/mol. The lowest BCUT2D eigenvalue weighted by molar-refractivity contribution is 0.0571. The Morgan fingerprint density at radius 2 is 1.59 bits per heavy atom. The van der Waals surface area contributed by atoms with Crippen molar-refractivity contribution in [3.63, 3.8) is 0 Å². The Labute approximate surface area is 286 Å². The summed E-state index contributed by atoms with van der Waals surface area (Å²) in [6.45, 7) is 5.60. The van der Waals surface area contributed by atoms with Gasteiger partial charge in [-0.1, -0.05) is 48.5 Å². The topological polar surface area (TPSA) is 114 Å². The van der Waals surface area contributed by atoms with Gasteiger partial charge in [0.1, 0.15) is 0 Å². The van der Waals surface area contributed by atoms with Crippen molar-refractivity contribution in [2.24, 2.45) is 0 Å². The molecule has 2 aliphatic heterocycles. The number of carbonyl (C=O) groups is 3. The maximum absolute atomic E-state index is 14.4. The number of aromatic nitrogens is 1. The Kier molecular flexibility index (Phi) is 10.4. The van der Waals surface area contributed by atoms with Crippen molar-refractivity contribution in [1.29, 1.82) is 0 Å². The summed E-state index contributed by atoms with van der Waals surface area (Å²) in [5, 5.41) is 2.74. The maximum atomic E-state index is 14.4. The monoisotopic (exact) mass is 663 g/mol. The summed E-state index contributed by atoms with van der Waals surface area (Å²) in [7, 11) is 3.10. The minimum absolute atomic E-state index is 0.192. The lowest BCUT2D eigenvalue weighted by Gasteiger charge is -2.39. The van der Waals surface area contributed by atoms with Crippen molar-refractivity contribution in [3.05, 3.63) is 113 Å². The first-order chi connectivity index (χ1) is 23.9. The third-order valence-electron chi connectivity index (χ3n) is 9.27. The summed E-state index contributed by atoms with van der Waals surface area (Å²) in [5.74, 6) is 0.534. The number of anilines is 1.